The van der Waals surface area contributed by atoms with Crippen LogP contribution < -0.4 is 5.32 Å². The lowest BCUT2D eigenvalue weighted by molar-refractivity contribution is 0.0601. The Bertz CT molecular complexity index is 615. The third-order valence-corrected chi connectivity index (χ3v) is 3.77. The molecule has 1 heterocycles. The number of nitrogens with zero attached hydrogens (tertiary/aromatic N) is 1. The van der Waals surface area contributed by atoms with E-state index in [9.17, 15) is 4.79 Å². The van der Waals surface area contributed by atoms with Crippen molar-refractivity contribution in [3.63, 3.8) is 0 Å². The molecule has 0 unspecified atom stereocenters. The van der Waals surface area contributed by atoms with Gasteiger partial charge in [0.05, 0.1) is 24.9 Å². The summed E-state index contributed by atoms with van der Waals surface area (Å²) in [6, 6.07) is 9.05. The molecule has 0 radical (unpaired) electrons. The molecule has 0 saturated carbocycles. The molecule has 1 aromatic heterocycles. The van der Waals surface area contributed by atoms with Crippen molar-refractivity contribution in [1.29, 1.82) is 0 Å². The fourth-order valence-electron chi connectivity index (χ4n) is 1.60. The monoisotopic (exact) mass is 398 g/mol. The third-order valence-electron chi connectivity index (χ3n) is 2.65. The second-order valence-corrected chi connectivity index (χ2v) is 5.77. The minimum absolute atomic E-state index is 0.339. The number of hydrogen-bond acceptors (Lipinski definition) is 4. The van der Waals surface area contributed by atoms with Crippen LogP contribution in [-0.4, -0.2) is 18.1 Å². The molecule has 0 atom stereocenters. The van der Waals surface area contributed by atoms with E-state index in [1.54, 1.807) is 18.3 Å². The SMILES string of the molecule is COC(=O)c1ccc(NCc2ncc(Br)cc2Br)cc1. The highest BCUT2D eigenvalue weighted by atomic mass is 79.9. The maximum absolute atomic E-state index is 11.3. The number of esters is 1. The van der Waals surface area contributed by atoms with Crippen LogP contribution in [0.25, 0.3) is 0 Å². The number of anilines is 1. The highest BCUT2D eigenvalue weighted by Crippen LogP contribution is 2.20. The van der Waals surface area contributed by atoms with E-state index in [2.05, 4.69) is 46.9 Å². The van der Waals surface area contributed by atoms with Gasteiger partial charge in [0.15, 0.2) is 0 Å². The van der Waals surface area contributed by atoms with E-state index < -0.39 is 0 Å². The van der Waals surface area contributed by atoms with E-state index in [4.69, 9.17) is 0 Å². The number of pyridine rings is 1. The second-order valence-electron chi connectivity index (χ2n) is 4.00. The molecule has 1 N–H and O–H groups in total. The Kier molecular flexibility index (Phi) is 5.14. The lowest BCUT2D eigenvalue weighted by Crippen LogP contribution is -2.04. The molecule has 6 heteroatoms. The van der Waals surface area contributed by atoms with Crippen LogP contribution >= 0.6 is 31.9 Å². The molecule has 0 aliphatic rings. The summed E-state index contributed by atoms with van der Waals surface area (Å²) in [6.45, 7) is 0.589. The number of carbonyl (C=O) groups is 1. The van der Waals surface area contributed by atoms with Crippen molar-refractivity contribution in [3.05, 3.63) is 56.7 Å². The van der Waals surface area contributed by atoms with Crippen LogP contribution in [0.3, 0.4) is 0 Å². The molecular formula is C14H12Br2N2O2. The molecule has 2 rings (SSSR count). The van der Waals surface area contributed by atoms with Crippen molar-refractivity contribution < 1.29 is 9.53 Å². The smallest absolute Gasteiger partial charge is 0.337 e. The van der Waals surface area contributed by atoms with Gasteiger partial charge >= 0.3 is 5.97 Å². The molecule has 0 amide bonds. The summed E-state index contributed by atoms with van der Waals surface area (Å²) >= 11 is 6.83. The molecular weight excluding hydrogens is 388 g/mol. The molecule has 0 fully saturated rings. The van der Waals surface area contributed by atoms with E-state index in [-0.39, 0.29) is 5.97 Å². The third kappa shape index (κ3) is 3.80. The number of methoxy groups -OCH3 is 1. The normalized spacial score (nSPS) is 10.2. The minimum atomic E-state index is -0.339. The van der Waals surface area contributed by atoms with Gasteiger partial charge in [-0.3, -0.25) is 4.98 Å². The molecule has 20 heavy (non-hydrogen) atoms. The van der Waals surface area contributed by atoms with Gasteiger partial charge in [-0.05, 0) is 62.2 Å². The average Bonchev–Trinajstić information content (AvgIpc) is 2.46. The molecule has 0 aliphatic heterocycles. The van der Waals surface area contributed by atoms with Crippen molar-refractivity contribution in [3.8, 4) is 0 Å². The van der Waals surface area contributed by atoms with Gasteiger partial charge in [-0.15, -0.1) is 0 Å². The first-order valence-electron chi connectivity index (χ1n) is 5.82. The molecule has 0 bridgehead atoms. The van der Waals surface area contributed by atoms with Crippen LogP contribution in [0, 0.1) is 0 Å². The summed E-state index contributed by atoms with van der Waals surface area (Å²) in [6.07, 6.45) is 1.75. The maximum atomic E-state index is 11.3. The Morgan fingerprint density at radius 3 is 2.60 bits per heavy atom. The Balaban J connectivity index is 2.02. The number of aromatic nitrogens is 1. The van der Waals surface area contributed by atoms with Crippen LogP contribution in [0.2, 0.25) is 0 Å². The number of hydrogen-bond donors (Lipinski definition) is 1. The van der Waals surface area contributed by atoms with Gasteiger partial charge in [0, 0.05) is 20.8 Å². The van der Waals surface area contributed by atoms with Crippen LogP contribution in [0.4, 0.5) is 5.69 Å². The molecule has 0 saturated heterocycles. The number of carbonyl (C=O) groups excluding carboxylic acids is 1. The molecule has 4 nitrogen and oxygen atoms in total. The van der Waals surface area contributed by atoms with E-state index in [1.807, 2.05) is 18.2 Å². The van der Waals surface area contributed by atoms with Gasteiger partial charge in [-0.2, -0.15) is 0 Å². The fourth-order valence-corrected chi connectivity index (χ4v) is 2.73. The van der Waals surface area contributed by atoms with E-state index in [1.165, 1.54) is 7.11 Å². The topological polar surface area (TPSA) is 51.2 Å². The lowest BCUT2D eigenvalue weighted by atomic mass is 10.2. The van der Waals surface area contributed by atoms with Gasteiger partial charge in [-0.1, -0.05) is 0 Å². The van der Waals surface area contributed by atoms with E-state index in [0.29, 0.717) is 12.1 Å². The molecule has 104 valence electrons. The van der Waals surface area contributed by atoms with Gasteiger partial charge in [0.2, 0.25) is 0 Å². The number of nitrogens with one attached hydrogen (secondary N) is 1. The number of benzene rings is 1. The van der Waals surface area contributed by atoms with Crippen molar-refractivity contribution in [2.75, 3.05) is 12.4 Å². The van der Waals surface area contributed by atoms with Crippen LogP contribution in [-0.2, 0) is 11.3 Å². The minimum Gasteiger partial charge on any atom is -0.465 e. The zero-order chi connectivity index (χ0) is 14.5. The summed E-state index contributed by atoms with van der Waals surface area (Å²) in [5.74, 6) is -0.339. The van der Waals surface area contributed by atoms with Crippen molar-refractivity contribution in [2.45, 2.75) is 6.54 Å². The predicted octanol–water partition coefficient (Wildman–Crippen LogP) is 4.01. The zero-order valence-corrected chi connectivity index (χ0v) is 13.9. The van der Waals surface area contributed by atoms with Gasteiger partial charge in [0.1, 0.15) is 0 Å². The zero-order valence-electron chi connectivity index (χ0n) is 10.7. The predicted molar refractivity (Wildman–Crippen MR) is 84.7 cm³/mol. The fraction of sp³-hybridized carbons (Fsp3) is 0.143. The Hall–Kier alpha value is -1.40. The number of ether oxygens (including phenoxy) is 1. The largest absolute Gasteiger partial charge is 0.465 e. The summed E-state index contributed by atoms with van der Waals surface area (Å²) < 4.78 is 6.51. The summed E-state index contributed by atoms with van der Waals surface area (Å²) in [7, 11) is 1.37. The standard InChI is InChI=1S/C14H12Br2N2O2/c1-20-14(19)9-2-4-11(5-3-9)17-8-13-12(16)6-10(15)7-18-13/h2-7,17H,8H2,1H3. The first-order valence-corrected chi connectivity index (χ1v) is 7.41. The van der Waals surface area contributed by atoms with E-state index >= 15 is 0 Å². The average molecular weight is 400 g/mol. The van der Waals surface area contributed by atoms with Crippen LogP contribution in [0.15, 0.2) is 45.5 Å². The Morgan fingerprint density at radius 1 is 1.30 bits per heavy atom. The van der Waals surface area contributed by atoms with E-state index in [0.717, 1.165) is 20.3 Å². The Labute approximate surface area is 133 Å². The Morgan fingerprint density at radius 2 is 2.00 bits per heavy atom. The van der Waals surface area contributed by atoms with Gasteiger partial charge in [0.25, 0.3) is 0 Å². The molecule has 1 aromatic carbocycles. The number of halogens is 2. The highest BCUT2D eigenvalue weighted by Gasteiger charge is 2.05. The first-order chi connectivity index (χ1) is 9.60. The summed E-state index contributed by atoms with van der Waals surface area (Å²) in [5.41, 5.74) is 2.35. The maximum Gasteiger partial charge on any atom is 0.337 e. The number of rotatable bonds is 4. The van der Waals surface area contributed by atoms with Gasteiger partial charge < -0.3 is 10.1 Å². The molecule has 0 aliphatic carbocycles. The van der Waals surface area contributed by atoms with Crippen LogP contribution in [0.1, 0.15) is 16.1 Å². The highest BCUT2D eigenvalue weighted by molar-refractivity contribution is 9.11. The quantitative estimate of drug-likeness (QED) is 0.789. The summed E-state index contributed by atoms with van der Waals surface area (Å²) in [4.78, 5) is 15.6. The molecule has 2 aromatic rings. The van der Waals surface area contributed by atoms with Gasteiger partial charge in [-0.25, -0.2) is 4.79 Å². The van der Waals surface area contributed by atoms with Crippen molar-refractivity contribution >= 4 is 43.5 Å². The second kappa shape index (κ2) is 6.85. The summed E-state index contributed by atoms with van der Waals surface area (Å²) in [5, 5.41) is 3.25. The van der Waals surface area contributed by atoms with Crippen molar-refractivity contribution in [1.82, 2.24) is 4.98 Å². The first kappa shape index (κ1) is 15.0. The lowest BCUT2D eigenvalue weighted by Gasteiger charge is -2.08. The van der Waals surface area contributed by atoms with Crippen molar-refractivity contribution in [2.24, 2.45) is 0 Å². The molecule has 0 spiro atoms. The van der Waals surface area contributed by atoms with Crippen LogP contribution in [0.5, 0.6) is 0 Å².